The first-order chi connectivity index (χ1) is 6.16. The number of hydrogen-bond acceptors (Lipinski definition) is 3. The Hall–Kier alpha value is -0.120. The van der Waals surface area contributed by atoms with Gasteiger partial charge in [0.25, 0.3) is 0 Å². The largest absolute Gasteiger partial charge is 0.388 e. The minimum Gasteiger partial charge on any atom is -0.388 e. The maximum Gasteiger partial charge on any atom is 0.0849 e. The van der Waals surface area contributed by atoms with Gasteiger partial charge < -0.3 is 15.6 Å². The van der Waals surface area contributed by atoms with Gasteiger partial charge in [0.05, 0.1) is 5.60 Å². The van der Waals surface area contributed by atoms with Crippen LogP contribution >= 0.6 is 0 Å². The van der Waals surface area contributed by atoms with Gasteiger partial charge in [0.15, 0.2) is 0 Å². The maximum atomic E-state index is 10.4. The molecular weight excluding hydrogens is 166 g/mol. The summed E-state index contributed by atoms with van der Waals surface area (Å²) >= 11 is 0. The molecule has 1 heterocycles. The number of hydrogen-bond donors (Lipinski definition) is 2. The van der Waals surface area contributed by atoms with E-state index in [4.69, 9.17) is 10.5 Å². The minimum absolute atomic E-state index is 0.305. The van der Waals surface area contributed by atoms with Crippen LogP contribution in [0.15, 0.2) is 0 Å². The molecule has 3 heteroatoms. The molecule has 13 heavy (non-hydrogen) atoms. The van der Waals surface area contributed by atoms with Crippen molar-refractivity contribution in [2.24, 2.45) is 5.73 Å². The lowest BCUT2D eigenvalue weighted by Gasteiger charge is -2.50. The molecule has 2 rings (SSSR count). The minimum atomic E-state index is -0.651. The van der Waals surface area contributed by atoms with Crippen LogP contribution in [-0.4, -0.2) is 29.5 Å². The normalized spacial score (nSPS) is 39.2. The lowest BCUT2D eigenvalue weighted by Crippen LogP contribution is -2.64. The summed E-state index contributed by atoms with van der Waals surface area (Å²) in [5.41, 5.74) is 5.22. The molecule has 0 amide bonds. The highest BCUT2D eigenvalue weighted by Gasteiger charge is 2.50. The summed E-state index contributed by atoms with van der Waals surface area (Å²) in [4.78, 5) is 0. The zero-order chi connectivity index (χ0) is 9.36. The van der Waals surface area contributed by atoms with E-state index in [-0.39, 0.29) is 5.54 Å². The van der Waals surface area contributed by atoms with Crippen molar-refractivity contribution in [1.29, 1.82) is 0 Å². The molecule has 1 unspecified atom stereocenters. The molecule has 3 nitrogen and oxygen atoms in total. The van der Waals surface area contributed by atoms with Crippen molar-refractivity contribution in [2.75, 3.05) is 13.2 Å². The first-order valence-electron chi connectivity index (χ1n) is 5.25. The Bertz CT molecular complexity index is 181. The molecule has 76 valence electrons. The lowest BCUT2D eigenvalue weighted by molar-refractivity contribution is -0.0826. The van der Waals surface area contributed by atoms with Gasteiger partial charge in [-0.2, -0.15) is 0 Å². The predicted molar refractivity (Wildman–Crippen MR) is 50.4 cm³/mol. The Labute approximate surface area is 79.3 Å². The van der Waals surface area contributed by atoms with Crippen LogP contribution in [0.4, 0.5) is 0 Å². The van der Waals surface area contributed by atoms with E-state index in [0.717, 1.165) is 32.3 Å². The van der Waals surface area contributed by atoms with E-state index in [1.807, 2.05) is 0 Å². The first kappa shape index (κ1) is 9.44. The second-order valence-electron chi connectivity index (χ2n) is 4.51. The summed E-state index contributed by atoms with van der Waals surface area (Å²) in [6.07, 6.45) is 5.58. The quantitative estimate of drug-likeness (QED) is 0.635. The Morgan fingerprint density at radius 3 is 2.38 bits per heavy atom. The molecule has 1 aliphatic carbocycles. The van der Waals surface area contributed by atoms with Gasteiger partial charge in [0.1, 0.15) is 0 Å². The molecule has 1 atom stereocenters. The fourth-order valence-electron chi connectivity index (χ4n) is 2.46. The highest BCUT2D eigenvalue weighted by molar-refractivity contribution is 5.08. The monoisotopic (exact) mass is 185 g/mol. The van der Waals surface area contributed by atoms with Crippen LogP contribution in [0, 0.1) is 0 Å². The van der Waals surface area contributed by atoms with Crippen LogP contribution in [0.3, 0.4) is 0 Å². The molecule has 1 saturated heterocycles. The average Bonchev–Trinajstić information content (AvgIpc) is 2.27. The van der Waals surface area contributed by atoms with E-state index < -0.39 is 5.60 Å². The Balaban J connectivity index is 2.07. The van der Waals surface area contributed by atoms with Crippen molar-refractivity contribution in [3.8, 4) is 0 Å². The number of ether oxygens (including phenoxy) is 1. The van der Waals surface area contributed by atoms with Gasteiger partial charge in [0.2, 0.25) is 0 Å². The molecule has 1 aliphatic heterocycles. The number of aliphatic hydroxyl groups is 1. The van der Waals surface area contributed by atoms with E-state index in [1.165, 1.54) is 6.42 Å². The highest BCUT2D eigenvalue weighted by atomic mass is 16.5. The van der Waals surface area contributed by atoms with Gasteiger partial charge in [-0.05, 0) is 32.1 Å². The molecule has 0 spiro atoms. The molecule has 1 saturated carbocycles. The predicted octanol–water partition coefficient (Wildman–Crippen LogP) is 0.799. The third-order valence-corrected chi connectivity index (χ3v) is 3.71. The topological polar surface area (TPSA) is 55.5 Å². The van der Waals surface area contributed by atoms with Gasteiger partial charge in [-0.25, -0.2) is 0 Å². The summed E-state index contributed by atoms with van der Waals surface area (Å²) in [5, 5.41) is 10.4. The standard InChI is InChI=1S/C10H19NO2/c11-9(3-1-4-9)10(12)5-2-7-13-8-6-10/h12H,1-8,11H2. The summed E-state index contributed by atoms with van der Waals surface area (Å²) in [5.74, 6) is 0. The summed E-state index contributed by atoms with van der Waals surface area (Å²) in [6, 6.07) is 0. The van der Waals surface area contributed by atoms with Crippen LogP contribution in [0.25, 0.3) is 0 Å². The van der Waals surface area contributed by atoms with Crippen molar-refractivity contribution in [2.45, 2.75) is 49.7 Å². The molecule has 0 aromatic carbocycles. The molecule has 2 aliphatic rings. The number of rotatable bonds is 1. The Kier molecular flexibility index (Phi) is 2.34. The third kappa shape index (κ3) is 1.49. The van der Waals surface area contributed by atoms with Crippen molar-refractivity contribution in [1.82, 2.24) is 0 Å². The summed E-state index contributed by atoms with van der Waals surface area (Å²) in [7, 11) is 0. The van der Waals surface area contributed by atoms with Gasteiger partial charge in [-0.3, -0.25) is 0 Å². The average molecular weight is 185 g/mol. The molecule has 0 aromatic rings. The SMILES string of the molecule is NC1(C2(O)CCCOCC2)CCC1. The van der Waals surface area contributed by atoms with Crippen molar-refractivity contribution >= 4 is 0 Å². The summed E-state index contributed by atoms with van der Waals surface area (Å²) < 4.78 is 5.34. The van der Waals surface area contributed by atoms with Crippen LogP contribution in [0.5, 0.6) is 0 Å². The molecular formula is C10H19NO2. The van der Waals surface area contributed by atoms with Crippen LogP contribution in [-0.2, 0) is 4.74 Å². The van der Waals surface area contributed by atoms with Gasteiger partial charge in [-0.15, -0.1) is 0 Å². The van der Waals surface area contributed by atoms with Crippen molar-refractivity contribution in [3.63, 3.8) is 0 Å². The van der Waals surface area contributed by atoms with Gasteiger partial charge >= 0.3 is 0 Å². The van der Waals surface area contributed by atoms with E-state index in [1.54, 1.807) is 0 Å². The second kappa shape index (κ2) is 3.23. The van der Waals surface area contributed by atoms with Gasteiger partial charge in [0, 0.05) is 25.2 Å². The zero-order valence-electron chi connectivity index (χ0n) is 8.09. The molecule has 2 fully saturated rings. The molecule has 0 aromatic heterocycles. The Morgan fingerprint density at radius 1 is 1.00 bits per heavy atom. The number of nitrogens with two attached hydrogens (primary N) is 1. The van der Waals surface area contributed by atoms with Crippen LogP contribution in [0.2, 0.25) is 0 Å². The highest BCUT2D eigenvalue weighted by Crippen LogP contribution is 2.43. The molecule has 3 N–H and O–H groups in total. The van der Waals surface area contributed by atoms with E-state index in [2.05, 4.69) is 0 Å². The maximum absolute atomic E-state index is 10.4. The van der Waals surface area contributed by atoms with E-state index in [0.29, 0.717) is 13.0 Å². The van der Waals surface area contributed by atoms with Crippen LogP contribution in [0.1, 0.15) is 38.5 Å². The summed E-state index contributed by atoms with van der Waals surface area (Å²) in [6.45, 7) is 1.44. The molecule has 0 radical (unpaired) electrons. The third-order valence-electron chi connectivity index (χ3n) is 3.71. The fraction of sp³-hybridized carbons (Fsp3) is 1.00. The van der Waals surface area contributed by atoms with E-state index in [9.17, 15) is 5.11 Å². The Morgan fingerprint density at radius 2 is 1.77 bits per heavy atom. The second-order valence-corrected chi connectivity index (χ2v) is 4.51. The van der Waals surface area contributed by atoms with Gasteiger partial charge in [-0.1, -0.05) is 0 Å². The van der Waals surface area contributed by atoms with Crippen LogP contribution < -0.4 is 5.73 Å². The first-order valence-corrected chi connectivity index (χ1v) is 5.25. The zero-order valence-corrected chi connectivity index (χ0v) is 8.09. The fourth-order valence-corrected chi connectivity index (χ4v) is 2.46. The van der Waals surface area contributed by atoms with Crippen molar-refractivity contribution in [3.05, 3.63) is 0 Å². The van der Waals surface area contributed by atoms with E-state index >= 15 is 0 Å². The lowest BCUT2D eigenvalue weighted by atomic mass is 9.63. The molecule has 0 bridgehead atoms. The van der Waals surface area contributed by atoms with Crippen molar-refractivity contribution < 1.29 is 9.84 Å². The smallest absolute Gasteiger partial charge is 0.0849 e.